The van der Waals surface area contributed by atoms with Gasteiger partial charge in [0.25, 0.3) is 0 Å². The van der Waals surface area contributed by atoms with E-state index >= 15 is 0 Å². The fourth-order valence-electron chi connectivity index (χ4n) is 2.90. The van der Waals surface area contributed by atoms with Crippen LogP contribution in [0, 0.1) is 38.6 Å². The Bertz CT molecular complexity index is 840. The predicted molar refractivity (Wildman–Crippen MR) is 119 cm³/mol. The summed E-state index contributed by atoms with van der Waals surface area (Å²) in [6.07, 6.45) is -4.73. The molecule has 0 aliphatic carbocycles. The van der Waals surface area contributed by atoms with Crippen molar-refractivity contribution in [2.75, 3.05) is 49.0 Å². The summed E-state index contributed by atoms with van der Waals surface area (Å²) >= 11 is 0. The van der Waals surface area contributed by atoms with Crippen LogP contribution >= 0.6 is 0 Å². The minimum Gasteiger partial charge on any atom is -0.504 e. The number of nitrogens with zero attached hydrogens (tertiary/aromatic N) is 2. The number of fused-ring (bicyclic) bond motifs is 1. The van der Waals surface area contributed by atoms with Gasteiger partial charge >= 0.3 is 6.18 Å². The van der Waals surface area contributed by atoms with Gasteiger partial charge in [0.2, 0.25) is 12.4 Å². The summed E-state index contributed by atoms with van der Waals surface area (Å²) < 4.78 is 38.4. The molecule has 0 aliphatic rings. The van der Waals surface area contributed by atoms with E-state index in [0.29, 0.717) is 0 Å². The number of allylic oxidation sites excluding steroid dienone is 2. The van der Waals surface area contributed by atoms with E-state index in [4.69, 9.17) is 5.11 Å². The van der Waals surface area contributed by atoms with Gasteiger partial charge in [0.1, 0.15) is 0 Å². The third kappa shape index (κ3) is 13.8. The third-order valence-electron chi connectivity index (χ3n) is 3.44. The van der Waals surface area contributed by atoms with E-state index in [1.165, 1.54) is 18.8 Å². The molecule has 8 heteroatoms. The molecule has 2 aromatic rings. The van der Waals surface area contributed by atoms with Crippen molar-refractivity contribution >= 4 is 16.6 Å². The first-order chi connectivity index (χ1) is 12.6. The molecule has 1 radical (unpaired) electrons. The molecule has 31 heavy (non-hydrogen) atoms. The standard InChI is InChI=1S/C14H9F3O2.C7H20N2.2CH4.Tb/c15-14(16,17)13(19)8-12(18)11-6-5-9-3-1-2-4-10(9)7-11;1-8(2,3)7-9(4,5)6;;;/h1-8,19H;7H2,1-6H3;2*1H4;/q;+2;;;. The first-order valence-corrected chi connectivity index (χ1v) is 8.70. The summed E-state index contributed by atoms with van der Waals surface area (Å²) in [6.45, 7) is 1.17. The smallest absolute Gasteiger partial charge is 0.448 e. The molecule has 0 saturated carbocycles. The Labute approximate surface area is 216 Å². The summed E-state index contributed by atoms with van der Waals surface area (Å²) in [5, 5.41) is 10.4. The van der Waals surface area contributed by atoms with Crippen molar-refractivity contribution in [3.8, 4) is 0 Å². The van der Waals surface area contributed by atoms with Crippen molar-refractivity contribution in [3.05, 3.63) is 59.9 Å². The molecule has 0 heterocycles. The molecule has 2 aromatic carbocycles. The largest absolute Gasteiger partial charge is 0.504 e. The number of ketones is 1. The van der Waals surface area contributed by atoms with Gasteiger partial charge < -0.3 is 5.11 Å². The number of quaternary nitrogens is 2. The van der Waals surface area contributed by atoms with Gasteiger partial charge in [0.05, 0.1) is 42.3 Å². The van der Waals surface area contributed by atoms with Gasteiger partial charge in [0, 0.05) is 50.3 Å². The second-order valence-corrected chi connectivity index (χ2v) is 8.68. The Morgan fingerprint density at radius 2 is 1.35 bits per heavy atom. The van der Waals surface area contributed by atoms with Crippen LogP contribution in [0.2, 0.25) is 0 Å². The molecule has 0 fully saturated rings. The van der Waals surface area contributed by atoms with Gasteiger partial charge in [-0.15, -0.1) is 0 Å². The number of carbonyl (C=O) groups is 1. The zero-order chi connectivity index (χ0) is 21.8. The zero-order valence-corrected chi connectivity index (χ0v) is 19.7. The molecule has 0 atom stereocenters. The van der Waals surface area contributed by atoms with Gasteiger partial charge in [-0.3, -0.25) is 13.8 Å². The first-order valence-electron chi connectivity index (χ1n) is 8.70. The van der Waals surface area contributed by atoms with Gasteiger partial charge in [-0.1, -0.05) is 51.3 Å². The van der Waals surface area contributed by atoms with Crippen LogP contribution in [0.1, 0.15) is 25.2 Å². The van der Waals surface area contributed by atoms with Crippen molar-refractivity contribution in [2.24, 2.45) is 0 Å². The minimum atomic E-state index is -4.91. The Kier molecular flexibility index (Phi) is 15.0. The van der Waals surface area contributed by atoms with E-state index in [2.05, 4.69) is 42.3 Å². The van der Waals surface area contributed by atoms with E-state index in [-0.39, 0.29) is 65.1 Å². The maximum absolute atomic E-state index is 12.1. The summed E-state index contributed by atoms with van der Waals surface area (Å²) in [4.78, 5) is 11.6. The maximum Gasteiger partial charge on any atom is 0.448 e. The topological polar surface area (TPSA) is 37.3 Å². The van der Waals surface area contributed by atoms with Crippen molar-refractivity contribution in [1.82, 2.24) is 0 Å². The normalized spacial score (nSPS) is 11.8. The van der Waals surface area contributed by atoms with Crippen molar-refractivity contribution in [1.29, 1.82) is 0 Å². The number of aliphatic hydroxyl groups excluding tert-OH is 1. The Balaban J connectivity index is -0.000000568. The second-order valence-electron chi connectivity index (χ2n) is 8.68. The van der Waals surface area contributed by atoms with Crippen LogP contribution < -0.4 is 0 Å². The molecule has 0 spiro atoms. The molecule has 179 valence electrons. The fourth-order valence-corrected chi connectivity index (χ4v) is 2.90. The number of halogens is 3. The number of rotatable bonds is 4. The molecule has 0 bridgehead atoms. The molecular formula is C23H37F3N2O2Tb+2. The number of aliphatic hydroxyl groups is 1. The number of carbonyl (C=O) groups excluding carboxylic acids is 1. The van der Waals surface area contributed by atoms with Crippen LogP contribution in [-0.4, -0.2) is 75.0 Å². The first kappa shape index (κ1) is 34.5. The molecule has 0 amide bonds. The predicted octanol–water partition coefficient (Wildman–Crippen LogP) is 5.66. The van der Waals surface area contributed by atoms with Crippen LogP contribution in [0.4, 0.5) is 13.2 Å². The van der Waals surface area contributed by atoms with Gasteiger partial charge in [0.15, 0.2) is 5.78 Å². The number of alkyl halides is 3. The van der Waals surface area contributed by atoms with Crippen LogP contribution in [0.25, 0.3) is 10.8 Å². The van der Waals surface area contributed by atoms with Crippen LogP contribution in [-0.2, 0) is 0 Å². The van der Waals surface area contributed by atoms with E-state index in [0.717, 1.165) is 19.7 Å². The average molecular weight is 589 g/mol. The van der Waals surface area contributed by atoms with E-state index in [1.54, 1.807) is 18.2 Å². The Hall–Kier alpha value is -1.09. The number of hydrogen-bond donors (Lipinski definition) is 1. The SMILES string of the molecule is C.C.C[N+](C)(C)C[N+](C)(C)C.O=C(C=C(O)C(F)(F)F)c1ccc2ccccc2c1.[Tb]. The number of hydrogen-bond acceptors (Lipinski definition) is 2. The molecule has 4 nitrogen and oxygen atoms in total. The van der Waals surface area contributed by atoms with E-state index in [1.807, 2.05) is 12.1 Å². The Morgan fingerprint density at radius 3 is 1.74 bits per heavy atom. The molecule has 1 N–H and O–H groups in total. The van der Waals surface area contributed by atoms with Gasteiger partial charge in [-0.2, -0.15) is 13.2 Å². The average Bonchev–Trinajstić information content (AvgIpc) is 2.50. The quantitative estimate of drug-likeness (QED) is 0.165. The second kappa shape index (κ2) is 13.5. The minimum absolute atomic E-state index is 0. The monoisotopic (exact) mass is 589 g/mol. The maximum atomic E-state index is 12.1. The fraction of sp³-hybridized carbons (Fsp3) is 0.435. The van der Waals surface area contributed by atoms with Crippen LogP contribution in [0.3, 0.4) is 0 Å². The van der Waals surface area contributed by atoms with Crippen molar-refractivity contribution < 1.29 is 70.6 Å². The molecule has 0 unspecified atom stereocenters. The molecule has 2 rings (SSSR count). The molecular weight excluding hydrogens is 552 g/mol. The zero-order valence-electron chi connectivity index (χ0n) is 17.5. The Morgan fingerprint density at radius 1 is 0.903 bits per heavy atom. The van der Waals surface area contributed by atoms with E-state index < -0.39 is 17.7 Å². The van der Waals surface area contributed by atoms with Crippen LogP contribution in [0.15, 0.2) is 54.3 Å². The third-order valence-corrected chi connectivity index (χ3v) is 3.44. The van der Waals surface area contributed by atoms with Gasteiger partial charge in [-0.05, 0) is 16.8 Å². The molecule has 0 aromatic heterocycles. The summed E-state index contributed by atoms with van der Waals surface area (Å²) in [5.41, 5.74) is 0.0921. The number of benzene rings is 2. The van der Waals surface area contributed by atoms with Crippen molar-refractivity contribution in [3.63, 3.8) is 0 Å². The van der Waals surface area contributed by atoms with Crippen molar-refractivity contribution in [2.45, 2.75) is 21.0 Å². The van der Waals surface area contributed by atoms with Gasteiger partial charge in [-0.25, -0.2) is 0 Å². The van der Waals surface area contributed by atoms with Crippen LogP contribution in [0.5, 0.6) is 0 Å². The summed E-state index contributed by atoms with van der Waals surface area (Å²) in [6, 6.07) is 11.7. The molecule has 0 aliphatic heterocycles. The van der Waals surface area contributed by atoms with E-state index in [9.17, 15) is 18.0 Å². The summed E-state index contributed by atoms with van der Waals surface area (Å²) in [7, 11) is 13.3. The summed E-state index contributed by atoms with van der Waals surface area (Å²) in [5.74, 6) is -2.79. The molecule has 0 saturated heterocycles.